The lowest BCUT2D eigenvalue weighted by Gasteiger charge is -2.16. The maximum absolute atomic E-state index is 11.9. The minimum Gasteiger partial charge on any atom is -0.341 e. The lowest BCUT2D eigenvalue weighted by atomic mass is 10.1. The summed E-state index contributed by atoms with van der Waals surface area (Å²) >= 11 is 0. The second kappa shape index (κ2) is 6.00. The Labute approximate surface area is 107 Å². The van der Waals surface area contributed by atoms with E-state index in [9.17, 15) is 4.79 Å². The van der Waals surface area contributed by atoms with Crippen LogP contribution in [0.5, 0.6) is 0 Å². The average Bonchev–Trinajstić information content (AvgIpc) is 2.90. The first-order valence-electron chi connectivity index (χ1n) is 6.01. The van der Waals surface area contributed by atoms with Crippen molar-refractivity contribution in [3.63, 3.8) is 0 Å². The predicted octanol–water partition coefficient (Wildman–Crippen LogP) is 2.00. The van der Waals surface area contributed by atoms with Gasteiger partial charge < -0.3 is 4.90 Å². The van der Waals surface area contributed by atoms with Crippen molar-refractivity contribution in [2.24, 2.45) is 0 Å². The van der Waals surface area contributed by atoms with Gasteiger partial charge in [-0.25, -0.2) is 0 Å². The fourth-order valence-electron chi connectivity index (χ4n) is 1.81. The number of hydrogen-bond acceptors (Lipinski definition) is 2. The van der Waals surface area contributed by atoms with Gasteiger partial charge in [-0.3, -0.25) is 9.89 Å². The van der Waals surface area contributed by atoms with Crippen LogP contribution in [0.15, 0.2) is 42.7 Å². The van der Waals surface area contributed by atoms with Crippen molar-refractivity contribution in [2.45, 2.75) is 19.4 Å². The third kappa shape index (κ3) is 3.45. The fraction of sp³-hybridized carbons (Fsp3) is 0.286. The number of carbonyl (C=O) groups is 1. The number of aromatic amines is 1. The molecule has 0 spiro atoms. The molecule has 0 unspecified atom stereocenters. The molecule has 0 saturated heterocycles. The number of carbonyl (C=O) groups excluding carboxylic acids is 1. The maximum atomic E-state index is 11.9. The molecule has 94 valence electrons. The monoisotopic (exact) mass is 243 g/mol. The van der Waals surface area contributed by atoms with Gasteiger partial charge >= 0.3 is 0 Å². The van der Waals surface area contributed by atoms with Crippen LogP contribution in [0.3, 0.4) is 0 Å². The summed E-state index contributed by atoms with van der Waals surface area (Å²) in [5, 5.41) is 6.61. The third-order valence-electron chi connectivity index (χ3n) is 2.87. The van der Waals surface area contributed by atoms with Crippen molar-refractivity contribution < 1.29 is 4.79 Å². The summed E-state index contributed by atoms with van der Waals surface area (Å²) in [5.41, 5.74) is 2.22. The molecule has 0 aliphatic carbocycles. The van der Waals surface area contributed by atoms with Crippen LogP contribution in [0.2, 0.25) is 0 Å². The molecular formula is C14H17N3O. The fourth-order valence-corrected chi connectivity index (χ4v) is 1.81. The van der Waals surface area contributed by atoms with E-state index in [1.165, 1.54) is 5.56 Å². The molecule has 2 aromatic rings. The van der Waals surface area contributed by atoms with Crippen LogP contribution in [0.25, 0.3) is 0 Å². The summed E-state index contributed by atoms with van der Waals surface area (Å²) < 4.78 is 0. The SMILES string of the molecule is CN(Cc1cn[nH]c1)C(=O)CCc1ccccc1. The largest absolute Gasteiger partial charge is 0.341 e. The molecular weight excluding hydrogens is 226 g/mol. The van der Waals surface area contributed by atoms with Gasteiger partial charge in [-0.15, -0.1) is 0 Å². The van der Waals surface area contributed by atoms with Gasteiger partial charge in [-0.1, -0.05) is 30.3 Å². The molecule has 4 heteroatoms. The van der Waals surface area contributed by atoms with Crippen LogP contribution in [0, 0.1) is 0 Å². The minimum absolute atomic E-state index is 0.153. The summed E-state index contributed by atoms with van der Waals surface area (Å²) in [6.07, 6.45) is 4.87. The lowest BCUT2D eigenvalue weighted by molar-refractivity contribution is -0.130. The van der Waals surface area contributed by atoms with Crippen LogP contribution in [0.4, 0.5) is 0 Å². The lowest BCUT2D eigenvalue weighted by Crippen LogP contribution is -2.26. The van der Waals surface area contributed by atoms with E-state index in [-0.39, 0.29) is 5.91 Å². The summed E-state index contributed by atoms with van der Waals surface area (Å²) in [5.74, 6) is 0.153. The predicted molar refractivity (Wildman–Crippen MR) is 69.8 cm³/mol. The maximum Gasteiger partial charge on any atom is 0.222 e. The Morgan fingerprint density at radius 2 is 2.06 bits per heavy atom. The van der Waals surface area contributed by atoms with Gasteiger partial charge in [0.1, 0.15) is 0 Å². The summed E-state index contributed by atoms with van der Waals surface area (Å²) in [6.45, 7) is 0.601. The van der Waals surface area contributed by atoms with Gasteiger partial charge in [-0.05, 0) is 12.0 Å². The highest BCUT2D eigenvalue weighted by Crippen LogP contribution is 2.06. The Morgan fingerprint density at radius 1 is 1.28 bits per heavy atom. The first kappa shape index (κ1) is 12.4. The molecule has 4 nitrogen and oxygen atoms in total. The van der Waals surface area contributed by atoms with E-state index in [0.29, 0.717) is 13.0 Å². The number of amides is 1. The topological polar surface area (TPSA) is 49.0 Å². The number of H-pyrrole nitrogens is 1. The smallest absolute Gasteiger partial charge is 0.222 e. The van der Waals surface area contributed by atoms with Gasteiger partial charge in [-0.2, -0.15) is 5.10 Å². The molecule has 0 fully saturated rings. The van der Waals surface area contributed by atoms with Crippen molar-refractivity contribution in [1.29, 1.82) is 0 Å². The second-order valence-corrected chi connectivity index (χ2v) is 4.34. The van der Waals surface area contributed by atoms with E-state index < -0.39 is 0 Å². The first-order chi connectivity index (χ1) is 8.75. The third-order valence-corrected chi connectivity index (χ3v) is 2.87. The van der Waals surface area contributed by atoms with Crippen molar-refractivity contribution in [3.8, 4) is 0 Å². The van der Waals surface area contributed by atoms with E-state index in [0.717, 1.165) is 12.0 Å². The summed E-state index contributed by atoms with van der Waals surface area (Å²) in [6, 6.07) is 10.1. The Balaban J connectivity index is 1.81. The number of rotatable bonds is 5. The summed E-state index contributed by atoms with van der Waals surface area (Å²) in [4.78, 5) is 13.7. The Kier molecular flexibility index (Phi) is 4.12. The highest BCUT2D eigenvalue weighted by atomic mass is 16.2. The van der Waals surface area contributed by atoms with E-state index in [1.54, 1.807) is 17.3 Å². The zero-order chi connectivity index (χ0) is 12.8. The van der Waals surface area contributed by atoms with Crippen LogP contribution in [0.1, 0.15) is 17.5 Å². The van der Waals surface area contributed by atoms with Crippen LogP contribution < -0.4 is 0 Å². The first-order valence-corrected chi connectivity index (χ1v) is 6.01. The normalized spacial score (nSPS) is 10.3. The minimum atomic E-state index is 0.153. The van der Waals surface area contributed by atoms with E-state index in [2.05, 4.69) is 10.2 Å². The highest BCUT2D eigenvalue weighted by molar-refractivity contribution is 5.76. The highest BCUT2D eigenvalue weighted by Gasteiger charge is 2.09. The van der Waals surface area contributed by atoms with Crippen LogP contribution >= 0.6 is 0 Å². The summed E-state index contributed by atoms with van der Waals surface area (Å²) in [7, 11) is 1.82. The van der Waals surface area contributed by atoms with E-state index in [1.807, 2.05) is 37.4 Å². The Hall–Kier alpha value is -2.10. The van der Waals surface area contributed by atoms with Crippen LogP contribution in [-0.2, 0) is 17.8 Å². The molecule has 1 amide bonds. The van der Waals surface area contributed by atoms with Gasteiger partial charge in [0.2, 0.25) is 5.91 Å². The molecule has 1 heterocycles. The molecule has 2 rings (SSSR count). The van der Waals surface area contributed by atoms with Gasteiger partial charge in [0.15, 0.2) is 0 Å². The number of nitrogens with one attached hydrogen (secondary N) is 1. The quantitative estimate of drug-likeness (QED) is 0.873. The van der Waals surface area contributed by atoms with Crippen molar-refractivity contribution in [2.75, 3.05) is 7.05 Å². The van der Waals surface area contributed by atoms with Crippen LogP contribution in [-0.4, -0.2) is 28.1 Å². The van der Waals surface area contributed by atoms with Crippen molar-refractivity contribution in [1.82, 2.24) is 15.1 Å². The number of nitrogens with zero attached hydrogens (tertiary/aromatic N) is 2. The number of aryl methyl sites for hydroxylation is 1. The standard InChI is InChI=1S/C14H17N3O/c1-17(11-13-9-15-16-10-13)14(18)8-7-12-5-3-2-4-6-12/h2-6,9-10H,7-8,11H2,1H3,(H,15,16). The van der Waals surface area contributed by atoms with E-state index in [4.69, 9.17) is 0 Å². The van der Waals surface area contributed by atoms with E-state index >= 15 is 0 Å². The molecule has 1 aromatic carbocycles. The number of aromatic nitrogens is 2. The molecule has 0 radical (unpaired) electrons. The van der Waals surface area contributed by atoms with Gasteiger partial charge in [0.25, 0.3) is 0 Å². The van der Waals surface area contributed by atoms with Gasteiger partial charge in [0, 0.05) is 31.8 Å². The Bertz CT molecular complexity index is 479. The Morgan fingerprint density at radius 3 is 2.72 bits per heavy atom. The molecule has 0 aliphatic rings. The molecule has 0 bridgehead atoms. The molecule has 18 heavy (non-hydrogen) atoms. The van der Waals surface area contributed by atoms with Crippen molar-refractivity contribution in [3.05, 3.63) is 53.9 Å². The molecule has 1 aromatic heterocycles. The number of benzene rings is 1. The average molecular weight is 243 g/mol. The molecule has 0 atom stereocenters. The van der Waals surface area contributed by atoms with Gasteiger partial charge in [0.05, 0.1) is 6.20 Å². The number of hydrogen-bond donors (Lipinski definition) is 1. The zero-order valence-corrected chi connectivity index (χ0v) is 10.5. The second-order valence-electron chi connectivity index (χ2n) is 4.34. The molecule has 0 saturated carbocycles. The van der Waals surface area contributed by atoms with Crippen molar-refractivity contribution >= 4 is 5.91 Å². The molecule has 1 N–H and O–H groups in total. The molecule has 0 aliphatic heterocycles. The zero-order valence-electron chi connectivity index (χ0n) is 10.5.